The van der Waals surface area contributed by atoms with Crippen LogP contribution in [0.4, 0.5) is 0 Å². The summed E-state index contributed by atoms with van der Waals surface area (Å²) in [6, 6.07) is 8.86. The largest absolute Gasteiger partial charge is 0.480 e. The van der Waals surface area contributed by atoms with Crippen molar-refractivity contribution < 1.29 is 38.5 Å². The number of hydrogen-bond donors (Lipinski definition) is 5. The number of carboxylic acids is 1. The van der Waals surface area contributed by atoms with Crippen LogP contribution in [0.5, 0.6) is 5.75 Å². The molecule has 0 bridgehead atoms. The van der Waals surface area contributed by atoms with E-state index in [0.717, 1.165) is 16.8 Å². The number of para-hydroxylation sites is 1. The van der Waals surface area contributed by atoms with Gasteiger partial charge in [0.1, 0.15) is 23.5 Å². The number of carbonyl (C=O) groups is 1. The highest BCUT2D eigenvalue weighted by Gasteiger charge is 2.56. The molecule has 0 saturated carbocycles. The Morgan fingerprint density at radius 2 is 1.90 bits per heavy atom. The number of carboxylic acid groups (broad SMARTS) is 1. The number of aliphatic hydroxyl groups excluding tert-OH is 1. The van der Waals surface area contributed by atoms with Gasteiger partial charge in [0.25, 0.3) is 5.56 Å². The number of nitrogens with zero attached hydrogens (tertiary/aromatic N) is 1. The predicted molar refractivity (Wildman–Crippen MR) is 139 cm³/mol. The fraction of sp³-hybridized carbons (Fsp3) is 0.480. The number of H-pyrrole nitrogens is 1. The predicted octanol–water partition coefficient (Wildman–Crippen LogP) is 1.23. The number of hydrogen-bond acceptors (Lipinski definition) is 9. The van der Waals surface area contributed by atoms with Gasteiger partial charge in [0, 0.05) is 12.3 Å². The van der Waals surface area contributed by atoms with Crippen molar-refractivity contribution in [2.45, 2.75) is 63.7 Å². The van der Waals surface area contributed by atoms with Crippen molar-refractivity contribution in [3.8, 4) is 18.1 Å². The van der Waals surface area contributed by atoms with Crippen molar-refractivity contribution >= 4 is 13.7 Å². The summed E-state index contributed by atoms with van der Waals surface area (Å²) in [5.74, 6) is 0.795. The fourth-order valence-electron chi connectivity index (χ4n) is 4.35. The van der Waals surface area contributed by atoms with Gasteiger partial charge in [-0.25, -0.2) is 9.36 Å². The van der Waals surface area contributed by atoms with Gasteiger partial charge in [-0.15, -0.1) is 6.42 Å². The second kappa shape index (κ2) is 11.1. The van der Waals surface area contributed by atoms with Gasteiger partial charge in [0.05, 0.1) is 6.61 Å². The van der Waals surface area contributed by atoms with Crippen molar-refractivity contribution in [3.63, 3.8) is 0 Å². The first-order chi connectivity index (χ1) is 18.0. The lowest BCUT2D eigenvalue weighted by atomic mass is 9.81. The maximum atomic E-state index is 14.0. The van der Waals surface area contributed by atoms with Crippen molar-refractivity contribution in [2.75, 3.05) is 6.61 Å². The van der Waals surface area contributed by atoms with Crippen LogP contribution in [0, 0.1) is 17.8 Å². The summed E-state index contributed by atoms with van der Waals surface area (Å²) in [7, 11) is -4.51. The maximum absolute atomic E-state index is 14.0. The maximum Gasteiger partial charge on any atom is 0.459 e. The Morgan fingerprint density at radius 3 is 2.44 bits per heavy atom. The van der Waals surface area contributed by atoms with Gasteiger partial charge in [-0.1, -0.05) is 44.9 Å². The molecule has 1 saturated heterocycles. The number of aromatic nitrogens is 2. The van der Waals surface area contributed by atoms with Crippen molar-refractivity contribution in [3.05, 3.63) is 63.4 Å². The first kappa shape index (κ1) is 30.3. The van der Waals surface area contributed by atoms with E-state index >= 15 is 0 Å². The normalized spacial score (nSPS) is 26.2. The quantitative estimate of drug-likeness (QED) is 0.206. The molecular formula is C25H32N3O10P. The van der Waals surface area contributed by atoms with Gasteiger partial charge < -0.3 is 24.6 Å². The Kier molecular flexibility index (Phi) is 8.62. The summed E-state index contributed by atoms with van der Waals surface area (Å²) in [5, 5.41) is 34.3. The average molecular weight is 566 g/mol. The lowest BCUT2D eigenvalue weighted by Gasteiger charge is -2.35. The second-order valence-corrected chi connectivity index (χ2v) is 12.3. The summed E-state index contributed by atoms with van der Waals surface area (Å²) in [4.78, 5) is 38.0. The number of terminal acetylenes is 1. The van der Waals surface area contributed by atoms with E-state index in [1.165, 1.54) is 19.1 Å². The number of aliphatic carboxylic acids is 1. The van der Waals surface area contributed by atoms with Crippen LogP contribution in [0.25, 0.3) is 0 Å². The summed E-state index contributed by atoms with van der Waals surface area (Å²) < 4.78 is 31.6. The van der Waals surface area contributed by atoms with E-state index in [9.17, 15) is 34.3 Å². The number of benzene rings is 1. The van der Waals surface area contributed by atoms with Gasteiger partial charge in [-0.3, -0.25) is 23.7 Å². The van der Waals surface area contributed by atoms with Gasteiger partial charge in [-0.05, 0) is 30.9 Å². The van der Waals surface area contributed by atoms with E-state index in [1.54, 1.807) is 18.2 Å². The Bertz CT molecular complexity index is 1400. The zero-order valence-corrected chi connectivity index (χ0v) is 22.8. The Labute approximate surface area is 224 Å². The Balaban J connectivity index is 1.92. The summed E-state index contributed by atoms with van der Waals surface area (Å²) in [6.07, 6.45) is 1.56. The van der Waals surface area contributed by atoms with Crippen LogP contribution in [0.2, 0.25) is 0 Å². The lowest BCUT2D eigenvalue weighted by molar-refractivity contribution is -0.144. The van der Waals surface area contributed by atoms with Gasteiger partial charge in [-0.2, -0.15) is 5.09 Å². The first-order valence-electron chi connectivity index (χ1n) is 11.9. The molecule has 2 aromatic rings. The molecule has 1 aliphatic heterocycles. The summed E-state index contributed by atoms with van der Waals surface area (Å²) in [6.45, 7) is 6.05. The van der Waals surface area contributed by atoms with Crippen LogP contribution in [-0.4, -0.2) is 60.8 Å². The number of ether oxygens (including phenoxy) is 1. The van der Waals surface area contributed by atoms with E-state index in [0.29, 0.717) is 0 Å². The molecule has 6 atom stereocenters. The number of aromatic amines is 1. The molecule has 1 aromatic carbocycles. The van der Waals surface area contributed by atoms with Crippen molar-refractivity contribution in [1.82, 2.24) is 14.6 Å². The smallest absolute Gasteiger partial charge is 0.459 e. The third-order valence-corrected chi connectivity index (χ3v) is 7.64. The fourth-order valence-corrected chi connectivity index (χ4v) is 6.03. The topological polar surface area (TPSA) is 189 Å². The number of nitrogens with one attached hydrogen (secondary N) is 2. The zero-order chi connectivity index (χ0) is 29.2. The monoisotopic (exact) mass is 565 g/mol. The van der Waals surface area contributed by atoms with E-state index in [-0.39, 0.29) is 12.2 Å². The molecule has 2 heterocycles. The molecule has 212 valence electrons. The standard InChI is InChI=1S/C25H32N3O10P/c1-6-25(34)19(30)17(37-20(25)28-13-12-18(29)26-22(28)33)14-36-39(35,38-16-10-8-7-9-11-16)27-24(5,21(31)32)15-23(2,3)4/h1,7-13,17,19-20,30,34H,14-15H2,2-5H3,(H,27,35)(H,31,32)(H,26,29,33)/t17-,19-,20-,24+,25-,39?/m1/s1. The molecule has 39 heavy (non-hydrogen) atoms. The molecule has 0 aliphatic carbocycles. The van der Waals surface area contributed by atoms with Crippen molar-refractivity contribution in [2.24, 2.45) is 5.41 Å². The first-order valence-corrected chi connectivity index (χ1v) is 13.4. The van der Waals surface area contributed by atoms with Crippen molar-refractivity contribution in [1.29, 1.82) is 0 Å². The molecule has 0 amide bonds. The number of rotatable bonds is 10. The molecule has 0 spiro atoms. The SMILES string of the molecule is C#C[C@@]1(O)[C@H](O)[C@@H](COP(=O)(N[C@@](C)(CC(C)(C)C)C(=O)O)Oc2ccccc2)O[C@H]1n1ccc(=O)[nH]c1=O. The Hall–Kier alpha value is -3.24. The average Bonchev–Trinajstić information content (AvgIpc) is 3.07. The Morgan fingerprint density at radius 1 is 1.26 bits per heavy atom. The number of aliphatic hydroxyl groups is 2. The molecule has 1 aromatic heterocycles. The van der Waals surface area contributed by atoms with Crippen LogP contribution in [0.15, 0.2) is 52.2 Å². The second-order valence-electron chi connectivity index (χ2n) is 10.6. The highest BCUT2D eigenvalue weighted by molar-refractivity contribution is 7.52. The van der Waals surface area contributed by atoms with E-state index in [1.807, 2.05) is 31.7 Å². The molecule has 1 unspecified atom stereocenters. The highest BCUT2D eigenvalue weighted by Crippen LogP contribution is 2.49. The molecule has 3 rings (SSSR count). The molecule has 14 heteroatoms. The molecule has 13 nitrogen and oxygen atoms in total. The highest BCUT2D eigenvalue weighted by atomic mass is 31.2. The van der Waals surface area contributed by atoms with Crippen LogP contribution in [0.1, 0.15) is 40.3 Å². The zero-order valence-electron chi connectivity index (χ0n) is 21.9. The third kappa shape index (κ3) is 6.86. The van der Waals surface area contributed by atoms with Crippen LogP contribution < -0.4 is 20.9 Å². The van der Waals surface area contributed by atoms with E-state index in [2.05, 4.69) is 5.09 Å². The molecule has 1 aliphatic rings. The van der Waals surface area contributed by atoms with E-state index < -0.39 is 66.6 Å². The van der Waals surface area contributed by atoms with Crippen LogP contribution in [-0.2, 0) is 18.6 Å². The summed E-state index contributed by atoms with van der Waals surface area (Å²) in [5.41, 5.74) is -6.41. The molecule has 5 N–H and O–H groups in total. The minimum atomic E-state index is -4.51. The van der Waals surface area contributed by atoms with Gasteiger partial charge in [0.2, 0.25) is 0 Å². The summed E-state index contributed by atoms with van der Waals surface area (Å²) >= 11 is 0. The lowest BCUT2D eigenvalue weighted by Crippen LogP contribution is -2.51. The minimum Gasteiger partial charge on any atom is -0.480 e. The van der Waals surface area contributed by atoms with Crippen LogP contribution >= 0.6 is 7.75 Å². The van der Waals surface area contributed by atoms with Gasteiger partial charge >= 0.3 is 19.4 Å². The third-order valence-electron chi connectivity index (χ3n) is 5.94. The molecule has 0 radical (unpaired) electrons. The minimum absolute atomic E-state index is 0.0252. The van der Waals surface area contributed by atoms with Crippen LogP contribution in [0.3, 0.4) is 0 Å². The molecular weight excluding hydrogens is 533 g/mol. The molecule has 1 fully saturated rings. The van der Waals surface area contributed by atoms with E-state index in [4.69, 9.17) is 20.2 Å². The van der Waals surface area contributed by atoms with Gasteiger partial charge in [0.15, 0.2) is 11.8 Å².